The largest absolute Gasteiger partial charge is 0.487 e. The van der Waals surface area contributed by atoms with E-state index in [1.807, 2.05) is 45.2 Å². The Kier molecular flexibility index (Phi) is 5.37. The number of hydrogen-bond acceptors (Lipinski definition) is 4. The third-order valence-electron chi connectivity index (χ3n) is 4.31. The SMILES string of the molecule is CNc1ccc(-c2cc(C)nc(C)c2C#N)cc1OCc1ccc(F)cc1. The molecular weight excluding hydrogens is 341 g/mol. The average molecular weight is 361 g/mol. The molecule has 5 heteroatoms. The molecule has 0 atom stereocenters. The summed E-state index contributed by atoms with van der Waals surface area (Å²) in [4.78, 5) is 4.37. The van der Waals surface area contributed by atoms with Gasteiger partial charge in [-0.3, -0.25) is 4.98 Å². The van der Waals surface area contributed by atoms with E-state index in [4.69, 9.17) is 4.74 Å². The Morgan fingerprint density at radius 3 is 2.52 bits per heavy atom. The van der Waals surface area contributed by atoms with Gasteiger partial charge in [0.05, 0.1) is 16.9 Å². The molecular formula is C22H20FN3O. The van der Waals surface area contributed by atoms with Crippen molar-refractivity contribution in [3.63, 3.8) is 0 Å². The monoisotopic (exact) mass is 361 g/mol. The number of benzene rings is 2. The highest BCUT2D eigenvalue weighted by Gasteiger charge is 2.13. The first kappa shape index (κ1) is 18.4. The van der Waals surface area contributed by atoms with Gasteiger partial charge >= 0.3 is 0 Å². The molecule has 0 radical (unpaired) electrons. The molecule has 3 aromatic rings. The van der Waals surface area contributed by atoms with Crippen LogP contribution < -0.4 is 10.1 Å². The van der Waals surface area contributed by atoms with Gasteiger partial charge in [0, 0.05) is 18.3 Å². The number of hydrogen-bond donors (Lipinski definition) is 1. The lowest BCUT2D eigenvalue weighted by atomic mass is 9.98. The quantitative estimate of drug-likeness (QED) is 0.695. The molecule has 0 saturated carbocycles. The van der Waals surface area contributed by atoms with E-state index < -0.39 is 0 Å². The number of nitrogens with one attached hydrogen (secondary N) is 1. The molecule has 0 aliphatic heterocycles. The van der Waals surface area contributed by atoms with Crippen molar-refractivity contribution in [1.29, 1.82) is 5.26 Å². The molecule has 0 aliphatic carbocycles. The lowest BCUT2D eigenvalue weighted by Crippen LogP contribution is -2.00. The van der Waals surface area contributed by atoms with Crippen LogP contribution in [0.3, 0.4) is 0 Å². The van der Waals surface area contributed by atoms with E-state index in [0.29, 0.717) is 23.6 Å². The van der Waals surface area contributed by atoms with Crippen LogP contribution >= 0.6 is 0 Å². The normalized spacial score (nSPS) is 10.3. The maximum absolute atomic E-state index is 13.1. The number of halogens is 1. The fourth-order valence-corrected chi connectivity index (χ4v) is 2.95. The molecule has 27 heavy (non-hydrogen) atoms. The van der Waals surface area contributed by atoms with Crippen LogP contribution in [0.1, 0.15) is 22.5 Å². The zero-order valence-electron chi connectivity index (χ0n) is 15.5. The number of pyridine rings is 1. The smallest absolute Gasteiger partial charge is 0.143 e. The van der Waals surface area contributed by atoms with Crippen molar-refractivity contribution >= 4 is 5.69 Å². The number of anilines is 1. The first-order valence-electron chi connectivity index (χ1n) is 8.59. The van der Waals surface area contributed by atoms with Crippen LogP contribution in [-0.4, -0.2) is 12.0 Å². The summed E-state index contributed by atoms with van der Waals surface area (Å²) in [6.07, 6.45) is 0. The predicted molar refractivity (Wildman–Crippen MR) is 104 cm³/mol. The summed E-state index contributed by atoms with van der Waals surface area (Å²) in [5.41, 5.74) is 5.54. The molecule has 0 bridgehead atoms. The predicted octanol–water partition coefficient (Wildman–Crippen LogP) is 5.00. The van der Waals surface area contributed by atoms with Crippen LogP contribution in [0.25, 0.3) is 11.1 Å². The Morgan fingerprint density at radius 2 is 1.85 bits per heavy atom. The second-order valence-corrected chi connectivity index (χ2v) is 6.26. The molecule has 1 N–H and O–H groups in total. The Morgan fingerprint density at radius 1 is 1.11 bits per heavy atom. The average Bonchev–Trinajstić information content (AvgIpc) is 2.66. The van der Waals surface area contributed by atoms with E-state index in [1.165, 1.54) is 12.1 Å². The standard InChI is InChI=1S/C22H20FN3O/c1-14-10-19(20(12-24)15(2)26-14)17-6-9-21(25-3)22(11-17)27-13-16-4-7-18(23)8-5-16/h4-11,25H,13H2,1-3H3. The molecule has 0 amide bonds. The van der Waals surface area contributed by atoms with Crippen molar-refractivity contribution in [2.75, 3.05) is 12.4 Å². The zero-order chi connectivity index (χ0) is 19.4. The minimum absolute atomic E-state index is 0.274. The number of nitriles is 1. The number of aromatic nitrogens is 1. The highest BCUT2D eigenvalue weighted by molar-refractivity contribution is 5.76. The molecule has 0 aliphatic rings. The molecule has 3 rings (SSSR count). The summed E-state index contributed by atoms with van der Waals surface area (Å²) >= 11 is 0. The summed E-state index contributed by atoms with van der Waals surface area (Å²) in [7, 11) is 1.82. The van der Waals surface area contributed by atoms with E-state index in [0.717, 1.165) is 28.1 Å². The summed E-state index contributed by atoms with van der Waals surface area (Å²) in [5.74, 6) is 0.388. The van der Waals surface area contributed by atoms with Crippen LogP contribution in [0.2, 0.25) is 0 Å². The van der Waals surface area contributed by atoms with Crippen molar-refractivity contribution in [2.45, 2.75) is 20.5 Å². The minimum Gasteiger partial charge on any atom is -0.487 e. The number of ether oxygens (including phenoxy) is 1. The van der Waals surface area contributed by atoms with Crippen molar-refractivity contribution in [3.05, 3.63) is 76.9 Å². The Labute approximate surface area is 158 Å². The fourth-order valence-electron chi connectivity index (χ4n) is 2.95. The van der Waals surface area contributed by atoms with Gasteiger partial charge < -0.3 is 10.1 Å². The van der Waals surface area contributed by atoms with Gasteiger partial charge in [0.25, 0.3) is 0 Å². The third-order valence-corrected chi connectivity index (χ3v) is 4.31. The number of rotatable bonds is 5. The Balaban J connectivity index is 1.97. The van der Waals surface area contributed by atoms with Crippen LogP contribution in [0.4, 0.5) is 10.1 Å². The Hall–Kier alpha value is -3.39. The summed E-state index contributed by atoms with van der Waals surface area (Å²) in [6.45, 7) is 4.06. The first-order chi connectivity index (χ1) is 13.0. The fraction of sp³-hybridized carbons (Fsp3) is 0.182. The number of aryl methyl sites for hydroxylation is 2. The van der Waals surface area contributed by atoms with Crippen molar-refractivity contribution in [1.82, 2.24) is 4.98 Å². The van der Waals surface area contributed by atoms with E-state index in [-0.39, 0.29) is 5.82 Å². The van der Waals surface area contributed by atoms with E-state index in [9.17, 15) is 9.65 Å². The molecule has 4 nitrogen and oxygen atoms in total. The minimum atomic E-state index is -0.274. The lowest BCUT2D eigenvalue weighted by molar-refractivity contribution is 0.307. The van der Waals surface area contributed by atoms with E-state index in [2.05, 4.69) is 16.4 Å². The highest BCUT2D eigenvalue weighted by Crippen LogP contribution is 2.33. The van der Waals surface area contributed by atoms with Gasteiger partial charge in [0.15, 0.2) is 0 Å². The maximum Gasteiger partial charge on any atom is 0.143 e. The van der Waals surface area contributed by atoms with Crippen molar-refractivity contribution in [3.8, 4) is 22.9 Å². The topological polar surface area (TPSA) is 57.9 Å². The van der Waals surface area contributed by atoms with Gasteiger partial charge in [-0.1, -0.05) is 18.2 Å². The molecule has 2 aromatic carbocycles. The lowest BCUT2D eigenvalue weighted by Gasteiger charge is -2.15. The molecule has 0 fully saturated rings. The zero-order valence-corrected chi connectivity index (χ0v) is 15.5. The van der Waals surface area contributed by atoms with Crippen LogP contribution in [0.15, 0.2) is 48.5 Å². The second kappa shape index (κ2) is 7.88. The van der Waals surface area contributed by atoms with Gasteiger partial charge in [-0.25, -0.2) is 4.39 Å². The van der Waals surface area contributed by atoms with Gasteiger partial charge in [0.1, 0.15) is 24.2 Å². The van der Waals surface area contributed by atoms with Crippen LogP contribution in [0, 0.1) is 31.0 Å². The third kappa shape index (κ3) is 4.06. The molecule has 0 unspecified atom stereocenters. The summed E-state index contributed by atoms with van der Waals surface area (Å²) < 4.78 is 19.0. The van der Waals surface area contributed by atoms with Gasteiger partial charge in [-0.2, -0.15) is 5.26 Å². The summed E-state index contributed by atoms with van der Waals surface area (Å²) in [5, 5.41) is 12.6. The highest BCUT2D eigenvalue weighted by atomic mass is 19.1. The maximum atomic E-state index is 13.1. The molecule has 136 valence electrons. The van der Waals surface area contributed by atoms with E-state index in [1.54, 1.807) is 12.1 Å². The van der Waals surface area contributed by atoms with Gasteiger partial charge in [0.2, 0.25) is 0 Å². The summed E-state index contributed by atoms with van der Waals surface area (Å²) in [6, 6.07) is 16.1. The molecule has 0 saturated heterocycles. The molecule has 0 spiro atoms. The van der Waals surface area contributed by atoms with Gasteiger partial charge in [-0.15, -0.1) is 0 Å². The second-order valence-electron chi connectivity index (χ2n) is 6.26. The molecule has 1 aromatic heterocycles. The van der Waals surface area contributed by atoms with Crippen LogP contribution in [0.5, 0.6) is 5.75 Å². The first-order valence-corrected chi connectivity index (χ1v) is 8.59. The van der Waals surface area contributed by atoms with Gasteiger partial charge in [-0.05, 0) is 55.3 Å². The van der Waals surface area contributed by atoms with Crippen molar-refractivity contribution < 1.29 is 9.13 Å². The number of nitrogens with zero attached hydrogens (tertiary/aromatic N) is 2. The van der Waals surface area contributed by atoms with Crippen LogP contribution in [-0.2, 0) is 6.61 Å². The molecule has 1 heterocycles. The Bertz CT molecular complexity index is 1010. The van der Waals surface area contributed by atoms with Crippen molar-refractivity contribution in [2.24, 2.45) is 0 Å². The van der Waals surface area contributed by atoms with E-state index >= 15 is 0 Å².